The van der Waals surface area contributed by atoms with Crippen LogP contribution in [0.1, 0.15) is 15.9 Å². The van der Waals surface area contributed by atoms with Gasteiger partial charge < -0.3 is 15.2 Å². The number of nitrogens with one attached hydrogen (secondary N) is 1. The largest absolute Gasteiger partial charge is 0.467 e. The predicted octanol–water partition coefficient (Wildman–Crippen LogP) is 1.02. The zero-order valence-corrected chi connectivity index (χ0v) is 11.7. The van der Waals surface area contributed by atoms with E-state index in [0.717, 1.165) is 10.0 Å². The SMILES string of the molecule is COC(=O)C(O)CNC(=O)c1ccc(Br)c(C)c1. The number of halogens is 1. The maximum absolute atomic E-state index is 11.7. The fourth-order valence-corrected chi connectivity index (χ4v) is 1.54. The van der Waals surface area contributed by atoms with Gasteiger partial charge in [-0.3, -0.25) is 4.79 Å². The molecule has 1 aromatic carbocycles. The van der Waals surface area contributed by atoms with Crippen LogP contribution in [0.2, 0.25) is 0 Å². The lowest BCUT2D eigenvalue weighted by Crippen LogP contribution is -2.37. The third-order valence-corrected chi connectivity index (χ3v) is 3.24. The van der Waals surface area contributed by atoms with Gasteiger partial charge in [0.15, 0.2) is 6.10 Å². The lowest BCUT2D eigenvalue weighted by molar-refractivity contribution is -0.149. The number of carbonyl (C=O) groups is 2. The van der Waals surface area contributed by atoms with Gasteiger partial charge in [-0.25, -0.2) is 4.79 Å². The standard InChI is InChI=1S/C12H14BrNO4/c1-7-5-8(3-4-9(7)13)11(16)14-6-10(15)12(17)18-2/h3-5,10,15H,6H2,1-2H3,(H,14,16). The highest BCUT2D eigenvalue weighted by molar-refractivity contribution is 9.10. The number of hydrogen-bond donors (Lipinski definition) is 2. The van der Waals surface area contributed by atoms with Crippen LogP contribution in [0.25, 0.3) is 0 Å². The van der Waals surface area contributed by atoms with Crippen molar-refractivity contribution in [3.63, 3.8) is 0 Å². The minimum absolute atomic E-state index is 0.180. The van der Waals surface area contributed by atoms with E-state index in [1.165, 1.54) is 7.11 Å². The van der Waals surface area contributed by atoms with Gasteiger partial charge in [-0.05, 0) is 30.7 Å². The van der Waals surface area contributed by atoms with Gasteiger partial charge in [0.25, 0.3) is 5.91 Å². The van der Waals surface area contributed by atoms with Crippen molar-refractivity contribution in [1.29, 1.82) is 0 Å². The Morgan fingerprint density at radius 3 is 2.72 bits per heavy atom. The molecule has 0 aliphatic rings. The van der Waals surface area contributed by atoms with E-state index in [4.69, 9.17) is 0 Å². The number of ether oxygens (including phenoxy) is 1. The lowest BCUT2D eigenvalue weighted by Gasteiger charge is -2.10. The number of carbonyl (C=O) groups excluding carboxylic acids is 2. The molecule has 0 saturated heterocycles. The number of aliphatic hydroxyl groups is 1. The van der Waals surface area contributed by atoms with Crippen LogP contribution in [0, 0.1) is 6.92 Å². The summed E-state index contributed by atoms with van der Waals surface area (Å²) in [6, 6.07) is 5.13. The molecule has 1 rings (SSSR count). The molecular formula is C12H14BrNO4. The highest BCUT2D eigenvalue weighted by Crippen LogP contribution is 2.16. The van der Waals surface area contributed by atoms with E-state index in [1.807, 2.05) is 6.92 Å². The van der Waals surface area contributed by atoms with Crippen molar-refractivity contribution in [3.05, 3.63) is 33.8 Å². The average Bonchev–Trinajstić information content (AvgIpc) is 2.37. The number of aryl methyl sites for hydroxylation is 1. The Morgan fingerprint density at radius 1 is 1.50 bits per heavy atom. The first-order valence-electron chi connectivity index (χ1n) is 5.26. The van der Waals surface area contributed by atoms with E-state index in [9.17, 15) is 14.7 Å². The number of rotatable bonds is 4. The number of aliphatic hydroxyl groups excluding tert-OH is 1. The summed E-state index contributed by atoms with van der Waals surface area (Å²) < 4.78 is 5.25. The summed E-state index contributed by atoms with van der Waals surface area (Å²) in [5.74, 6) is -1.13. The second-order valence-corrected chi connectivity index (χ2v) is 4.57. The number of amides is 1. The number of methoxy groups -OCH3 is 1. The normalized spacial score (nSPS) is 11.8. The van der Waals surface area contributed by atoms with E-state index in [0.29, 0.717) is 5.56 Å². The molecule has 0 aliphatic carbocycles. The predicted molar refractivity (Wildman–Crippen MR) is 69.2 cm³/mol. The molecule has 0 spiro atoms. The quantitative estimate of drug-likeness (QED) is 0.813. The maximum atomic E-state index is 11.7. The molecule has 5 nitrogen and oxygen atoms in total. The van der Waals surface area contributed by atoms with Crippen LogP contribution in [0.3, 0.4) is 0 Å². The smallest absolute Gasteiger partial charge is 0.336 e. The molecule has 1 unspecified atom stereocenters. The molecular weight excluding hydrogens is 302 g/mol. The summed E-state index contributed by atoms with van der Waals surface area (Å²) in [5.41, 5.74) is 1.39. The van der Waals surface area contributed by atoms with Crippen LogP contribution in [0.15, 0.2) is 22.7 Å². The van der Waals surface area contributed by atoms with Gasteiger partial charge in [-0.1, -0.05) is 15.9 Å². The van der Waals surface area contributed by atoms with E-state index in [2.05, 4.69) is 26.0 Å². The Kier molecular flexibility index (Phi) is 5.30. The number of benzene rings is 1. The van der Waals surface area contributed by atoms with Gasteiger partial charge in [0, 0.05) is 10.0 Å². The van der Waals surface area contributed by atoms with Crippen molar-refractivity contribution in [2.24, 2.45) is 0 Å². The van der Waals surface area contributed by atoms with Crippen LogP contribution in [0.4, 0.5) is 0 Å². The molecule has 18 heavy (non-hydrogen) atoms. The van der Waals surface area contributed by atoms with Gasteiger partial charge in [0.2, 0.25) is 0 Å². The average molecular weight is 316 g/mol. The minimum Gasteiger partial charge on any atom is -0.467 e. The maximum Gasteiger partial charge on any atom is 0.336 e. The third-order valence-electron chi connectivity index (χ3n) is 2.35. The summed E-state index contributed by atoms with van der Waals surface area (Å²) >= 11 is 3.34. The van der Waals surface area contributed by atoms with Gasteiger partial charge in [0.1, 0.15) is 0 Å². The Labute approximate surface area is 113 Å². The van der Waals surface area contributed by atoms with Crippen molar-refractivity contribution >= 4 is 27.8 Å². The summed E-state index contributed by atoms with van der Waals surface area (Å²) in [4.78, 5) is 22.7. The molecule has 0 bridgehead atoms. The second-order valence-electron chi connectivity index (χ2n) is 3.71. The Bertz CT molecular complexity index is 461. The van der Waals surface area contributed by atoms with Crippen LogP contribution in [0.5, 0.6) is 0 Å². The van der Waals surface area contributed by atoms with Crippen molar-refractivity contribution in [3.8, 4) is 0 Å². The fraction of sp³-hybridized carbons (Fsp3) is 0.333. The fourth-order valence-electron chi connectivity index (χ4n) is 1.30. The van der Waals surface area contributed by atoms with Gasteiger partial charge in [-0.2, -0.15) is 0 Å². The van der Waals surface area contributed by atoms with Gasteiger partial charge in [-0.15, -0.1) is 0 Å². The van der Waals surface area contributed by atoms with Crippen LogP contribution in [-0.2, 0) is 9.53 Å². The van der Waals surface area contributed by atoms with Crippen LogP contribution in [-0.4, -0.2) is 36.7 Å². The first-order chi connectivity index (χ1) is 8.45. The third kappa shape index (κ3) is 3.82. The van der Waals surface area contributed by atoms with Crippen molar-refractivity contribution in [1.82, 2.24) is 5.32 Å². The summed E-state index contributed by atoms with van der Waals surface area (Å²) in [6.07, 6.45) is -1.35. The first kappa shape index (κ1) is 14.7. The summed E-state index contributed by atoms with van der Waals surface area (Å²) in [6.45, 7) is 1.69. The Balaban J connectivity index is 2.60. The minimum atomic E-state index is -1.35. The molecule has 98 valence electrons. The number of hydrogen-bond acceptors (Lipinski definition) is 4. The monoisotopic (exact) mass is 315 g/mol. The molecule has 1 amide bonds. The summed E-state index contributed by atoms with van der Waals surface area (Å²) in [5, 5.41) is 11.8. The van der Waals surface area contributed by atoms with Crippen LogP contribution >= 0.6 is 15.9 Å². The van der Waals surface area contributed by atoms with Crippen LogP contribution < -0.4 is 5.32 Å². The van der Waals surface area contributed by atoms with Crippen molar-refractivity contribution < 1.29 is 19.4 Å². The molecule has 2 N–H and O–H groups in total. The van der Waals surface area contributed by atoms with Crippen molar-refractivity contribution in [2.45, 2.75) is 13.0 Å². The van der Waals surface area contributed by atoms with E-state index < -0.39 is 12.1 Å². The topological polar surface area (TPSA) is 75.6 Å². The first-order valence-corrected chi connectivity index (χ1v) is 6.05. The molecule has 0 radical (unpaired) electrons. The molecule has 6 heteroatoms. The summed E-state index contributed by atoms with van der Waals surface area (Å²) in [7, 11) is 1.17. The highest BCUT2D eigenvalue weighted by atomic mass is 79.9. The molecule has 1 aromatic rings. The van der Waals surface area contributed by atoms with E-state index >= 15 is 0 Å². The molecule has 0 aromatic heterocycles. The Hall–Kier alpha value is -1.40. The molecule has 1 atom stereocenters. The zero-order chi connectivity index (χ0) is 13.7. The molecule has 0 saturated carbocycles. The molecule has 0 fully saturated rings. The van der Waals surface area contributed by atoms with Gasteiger partial charge in [0.05, 0.1) is 13.7 Å². The highest BCUT2D eigenvalue weighted by Gasteiger charge is 2.16. The van der Waals surface area contributed by atoms with E-state index in [-0.39, 0.29) is 12.5 Å². The zero-order valence-electron chi connectivity index (χ0n) is 10.1. The number of esters is 1. The molecule has 0 heterocycles. The van der Waals surface area contributed by atoms with E-state index in [1.54, 1.807) is 18.2 Å². The van der Waals surface area contributed by atoms with Gasteiger partial charge >= 0.3 is 5.97 Å². The molecule has 0 aliphatic heterocycles. The van der Waals surface area contributed by atoms with Crippen molar-refractivity contribution in [2.75, 3.05) is 13.7 Å². The second kappa shape index (κ2) is 6.51. The lowest BCUT2D eigenvalue weighted by atomic mass is 10.1. The Morgan fingerprint density at radius 2 is 2.17 bits per heavy atom.